The number of methoxy groups -OCH3 is 1. The molecule has 0 aliphatic heterocycles. The molecule has 0 saturated carbocycles. The summed E-state index contributed by atoms with van der Waals surface area (Å²) >= 11 is 0. The Balaban J connectivity index is 2.07. The number of carbonyl (C=O) groups is 1. The molecule has 0 aliphatic rings. The third-order valence-electron chi connectivity index (χ3n) is 2.55. The van der Waals surface area contributed by atoms with E-state index in [0.717, 1.165) is 5.75 Å². The molecule has 1 N–H and O–H groups in total. The number of hydrogen-bond acceptors (Lipinski definition) is 4. The lowest BCUT2D eigenvalue weighted by Crippen LogP contribution is -2.07. The summed E-state index contributed by atoms with van der Waals surface area (Å²) in [5, 5.41) is 9.00. The number of hydrogen-bond donors (Lipinski definition) is 1. The number of carboxylic acids is 1. The minimum Gasteiger partial charge on any atom is -0.497 e. The minimum atomic E-state index is -1.06. The molecule has 19 heavy (non-hydrogen) atoms. The van der Waals surface area contributed by atoms with Crippen LogP contribution in [0.15, 0.2) is 42.6 Å². The van der Waals surface area contributed by atoms with Gasteiger partial charge < -0.3 is 14.6 Å². The number of aromatic carboxylic acids is 1. The maximum Gasteiger partial charge on any atom is 0.354 e. The molecular formula is C14H13NO4. The summed E-state index contributed by atoms with van der Waals surface area (Å²) in [6.45, 7) is 0.155. The molecule has 5 heteroatoms. The van der Waals surface area contributed by atoms with Gasteiger partial charge in [-0.05, 0) is 30.3 Å². The van der Waals surface area contributed by atoms with Crippen molar-refractivity contribution in [3.63, 3.8) is 0 Å². The maximum absolute atomic E-state index is 11.0. The van der Waals surface area contributed by atoms with E-state index in [1.165, 1.54) is 6.20 Å². The molecule has 0 saturated heterocycles. The minimum absolute atomic E-state index is 0.0102. The highest BCUT2D eigenvalue weighted by Gasteiger charge is 2.11. The van der Waals surface area contributed by atoms with Gasteiger partial charge in [-0.15, -0.1) is 0 Å². The number of pyridine rings is 1. The first-order chi connectivity index (χ1) is 9.20. The third kappa shape index (κ3) is 3.22. The van der Waals surface area contributed by atoms with Gasteiger partial charge in [-0.1, -0.05) is 6.07 Å². The number of aromatic nitrogens is 1. The molecule has 1 aromatic carbocycles. The van der Waals surface area contributed by atoms with Gasteiger partial charge in [-0.2, -0.15) is 0 Å². The Morgan fingerprint density at radius 3 is 2.53 bits per heavy atom. The van der Waals surface area contributed by atoms with Crippen molar-refractivity contribution in [1.82, 2.24) is 4.98 Å². The molecule has 0 spiro atoms. The largest absolute Gasteiger partial charge is 0.497 e. The number of rotatable bonds is 5. The van der Waals surface area contributed by atoms with Crippen molar-refractivity contribution in [2.75, 3.05) is 7.11 Å². The fraction of sp³-hybridized carbons (Fsp3) is 0.143. The molecule has 0 amide bonds. The molecule has 2 rings (SSSR count). The number of carboxylic acid groups (broad SMARTS) is 1. The Bertz CT molecular complexity index is 566. The van der Waals surface area contributed by atoms with E-state index in [1.54, 1.807) is 43.5 Å². The smallest absolute Gasteiger partial charge is 0.354 e. The van der Waals surface area contributed by atoms with Gasteiger partial charge in [-0.3, -0.25) is 0 Å². The maximum atomic E-state index is 11.0. The molecule has 1 aromatic heterocycles. The first-order valence-corrected chi connectivity index (χ1v) is 5.64. The fourth-order valence-corrected chi connectivity index (χ4v) is 1.58. The van der Waals surface area contributed by atoms with Crippen molar-refractivity contribution in [3.8, 4) is 11.5 Å². The second kappa shape index (κ2) is 5.86. The Morgan fingerprint density at radius 1 is 1.21 bits per heavy atom. The van der Waals surface area contributed by atoms with Gasteiger partial charge in [0, 0.05) is 11.8 Å². The van der Waals surface area contributed by atoms with E-state index >= 15 is 0 Å². The lowest BCUT2D eigenvalue weighted by Gasteiger charge is -2.08. The van der Waals surface area contributed by atoms with Crippen molar-refractivity contribution in [1.29, 1.82) is 0 Å². The highest BCUT2D eigenvalue weighted by Crippen LogP contribution is 2.18. The van der Waals surface area contributed by atoms with Crippen LogP contribution >= 0.6 is 0 Å². The van der Waals surface area contributed by atoms with E-state index in [1.807, 2.05) is 0 Å². The summed E-state index contributed by atoms with van der Waals surface area (Å²) in [7, 11) is 1.59. The molecule has 0 unspecified atom stereocenters. The topological polar surface area (TPSA) is 68.7 Å². The van der Waals surface area contributed by atoms with Crippen LogP contribution < -0.4 is 9.47 Å². The van der Waals surface area contributed by atoms with E-state index in [-0.39, 0.29) is 12.3 Å². The molecule has 1 heterocycles. The number of benzene rings is 1. The average molecular weight is 259 g/mol. The molecule has 5 nitrogen and oxygen atoms in total. The molecule has 0 atom stereocenters. The molecule has 98 valence electrons. The van der Waals surface area contributed by atoms with E-state index < -0.39 is 5.97 Å². The van der Waals surface area contributed by atoms with Gasteiger partial charge in [0.1, 0.15) is 18.1 Å². The molecule has 2 aromatic rings. The number of ether oxygens (including phenoxy) is 2. The summed E-state index contributed by atoms with van der Waals surface area (Å²) in [5.74, 6) is 0.315. The molecule has 0 fully saturated rings. The van der Waals surface area contributed by atoms with Crippen LogP contribution in [-0.2, 0) is 6.61 Å². The highest BCUT2D eigenvalue weighted by molar-refractivity contribution is 5.86. The average Bonchev–Trinajstić information content (AvgIpc) is 2.46. The van der Waals surface area contributed by atoms with Crippen molar-refractivity contribution in [3.05, 3.63) is 53.9 Å². The van der Waals surface area contributed by atoms with Crippen LogP contribution in [0.5, 0.6) is 11.5 Å². The lowest BCUT2D eigenvalue weighted by molar-refractivity contribution is 0.0687. The van der Waals surface area contributed by atoms with Crippen molar-refractivity contribution >= 4 is 5.97 Å². The summed E-state index contributed by atoms with van der Waals surface area (Å²) < 4.78 is 10.6. The van der Waals surface area contributed by atoms with Crippen LogP contribution in [0.1, 0.15) is 16.1 Å². The normalized spacial score (nSPS) is 9.95. The predicted molar refractivity (Wildman–Crippen MR) is 68.5 cm³/mol. The summed E-state index contributed by atoms with van der Waals surface area (Å²) in [6.07, 6.45) is 1.44. The van der Waals surface area contributed by atoms with E-state index in [2.05, 4.69) is 4.98 Å². The van der Waals surface area contributed by atoms with Crippen LogP contribution in [0.2, 0.25) is 0 Å². The molecular weight excluding hydrogens is 246 g/mol. The first-order valence-electron chi connectivity index (χ1n) is 5.64. The zero-order valence-electron chi connectivity index (χ0n) is 10.4. The summed E-state index contributed by atoms with van der Waals surface area (Å²) in [4.78, 5) is 14.8. The molecule has 0 aliphatic carbocycles. The third-order valence-corrected chi connectivity index (χ3v) is 2.55. The SMILES string of the molecule is COc1ccc(OCc2cccnc2C(=O)O)cc1. The van der Waals surface area contributed by atoms with Gasteiger partial charge >= 0.3 is 5.97 Å². The molecule has 0 bridgehead atoms. The standard InChI is InChI=1S/C14H13NO4/c1-18-11-4-6-12(7-5-11)19-9-10-3-2-8-15-13(10)14(16)17/h2-8H,9H2,1H3,(H,16,17). The van der Waals surface area contributed by atoms with Gasteiger partial charge in [0.15, 0.2) is 5.69 Å². The predicted octanol–water partition coefficient (Wildman–Crippen LogP) is 2.37. The van der Waals surface area contributed by atoms with Crippen molar-refractivity contribution in [2.45, 2.75) is 6.61 Å². The fourth-order valence-electron chi connectivity index (χ4n) is 1.58. The van der Waals surface area contributed by atoms with Crippen LogP contribution in [0.25, 0.3) is 0 Å². The van der Waals surface area contributed by atoms with Crippen molar-refractivity contribution in [2.24, 2.45) is 0 Å². The first kappa shape index (κ1) is 12.9. The zero-order valence-corrected chi connectivity index (χ0v) is 10.4. The Labute approximate surface area is 110 Å². The van der Waals surface area contributed by atoms with Gasteiger partial charge in [0.25, 0.3) is 0 Å². The Kier molecular flexibility index (Phi) is 3.97. The van der Waals surface area contributed by atoms with Crippen LogP contribution in [0.3, 0.4) is 0 Å². The lowest BCUT2D eigenvalue weighted by atomic mass is 10.2. The quantitative estimate of drug-likeness (QED) is 0.892. The van der Waals surface area contributed by atoms with Crippen LogP contribution in [0.4, 0.5) is 0 Å². The number of nitrogens with zero attached hydrogens (tertiary/aromatic N) is 1. The molecule has 0 radical (unpaired) electrons. The summed E-state index contributed by atoms with van der Waals surface area (Å²) in [5.41, 5.74) is 0.543. The Hall–Kier alpha value is -2.56. The van der Waals surface area contributed by atoms with E-state index in [9.17, 15) is 4.79 Å². The highest BCUT2D eigenvalue weighted by atomic mass is 16.5. The van der Waals surface area contributed by atoms with E-state index in [4.69, 9.17) is 14.6 Å². The van der Waals surface area contributed by atoms with Crippen LogP contribution in [0, 0.1) is 0 Å². The van der Waals surface area contributed by atoms with Gasteiger partial charge in [-0.25, -0.2) is 9.78 Å². The van der Waals surface area contributed by atoms with Crippen LogP contribution in [-0.4, -0.2) is 23.2 Å². The second-order valence-electron chi connectivity index (χ2n) is 3.78. The van der Waals surface area contributed by atoms with E-state index in [0.29, 0.717) is 11.3 Å². The van der Waals surface area contributed by atoms with Gasteiger partial charge in [0.2, 0.25) is 0 Å². The Morgan fingerprint density at radius 2 is 1.89 bits per heavy atom. The summed E-state index contributed by atoms with van der Waals surface area (Å²) in [6, 6.07) is 10.4. The monoisotopic (exact) mass is 259 g/mol. The second-order valence-corrected chi connectivity index (χ2v) is 3.78. The van der Waals surface area contributed by atoms with Crippen molar-refractivity contribution < 1.29 is 19.4 Å². The van der Waals surface area contributed by atoms with Gasteiger partial charge in [0.05, 0.1) is 7.11 Å². The zero-order chi connectivity index (χ0) is 13.7.